The minimum atomic E-state index is -1.03. The minimum absolute atomic E-state index is 0.0597. The smallest absolute Gasteiger partial charge is 0.244 e. The molecule has 1 heterocycles. The molecule has 1 aromatic heterocycles. The summed E-state index contributed by atoms with van der Waals surface area (Å²) in [5.74, 6) is -0.0597. The number of aromatic nitrogens is 1. The fourth-order valence-corrected chi connectivity index (χ4v) is 4.63. The van der Waals surface area contributed by atoms with Crippen molar-refractivity contribution in [1.29, 1.82) is 0 Å². The molecule has 0 aliphatic heterocycles. The summed E-state index contributed by atoms with van der Waals surface area (Å²) in [4.78, 5) is 18.2. The Bertz CT molecular complexity index is 1030. The van der Waals surface area contributed by atoms with Gasteiger partial charge in [0, 0.05) is 11.6 Å². The molecule has 4 rings (SSSR count). The average molecular weight is 418 g/mol. The Morgan fingerprint density at radius 2 is 1.71 bits per heavy atom. The summed E-state index contributed by atoms with van der Waals surface area (Å²) in [6, 6.07) is 19.2. The number of amides is 1. The zero-order valence-electron chi connectivity index (χ0n) is 18.3. The second kappa shape index (κ2) is 8.77. The predicted octanol–water partition coefficient (Wildman–Crippen LogP) is 4.98. The zero-order valence-corrected chi connectivity index (χ0v) is 18.3. The molecule has 162 valence electrons. The highest BCUT2D eigenvalue weighted by molar-refractivity contribution is 6.04. The van der Waals surface area contributed by atoms with Crippen LogP contribution in [0.1, 0.15) is 57.6 Å². The minimum Gasteiger partial charge on any atom is -0.388 e. The molecule has 5 heteroatoms. The van der Waals surface area contributed by atoms with Gasteiger partial charge in [-0.1, -0.05) is 67.8 Å². The van der Waals surface area contributed by atoms with Crippen LogP contribution >= 0.6 is 0 Å². The molecule has 1 aliphatic rings. The van der Waals surface area contributed by atoms with Crippen molar-refractivity contribution in [2.45, 2.75) is 63.1 Å². The second-order valence-corrected chi connectivity index (χ2v) is 9.12. The molecule has 5 nitrogen and oxygen atoms in total. The summed E-state index contributed by atoms with van der Waals surface area (Å²) in [5.41, 5.74) is 0.684. The molecular weight excluding hydrogens is 386 g/mol. The van der Waals surface area contributed by atoms with E-state index in [1.807, 2.05) is 60.7 Å². The first-order valence-electron chi connectivity index (χ1n) is 11.1. The van der Waals surface area contributed by atoms with Crippen LogP contribution in [0.2, 0.25) is 0 Å². The Kier molecular flexibility index (Phi) is 6.08. The molecule has 0 spiro atoms. The highest BCUT2D eigenvalue weighted by Crippen LogP contribution is 2.36. The molecule has 1 fully saturated rings. The molecule has 2 aromatic carbocycles. The van der Waals surface area contributed by atoms with Crippen molar-refractivity contribution in [1.82, 2.24) is 10.3 Å². The Morgan fingerprint density at radius 1 is 1.00 bits per heavy atom. The maximum absolute atomic E-state index is 13.7. The number of benzene rings is 2. The van der Waals surface area contributed by atoms with Crippen molar-refractivity contribution in [2.24, 2.45) is 0 Å². The Labute approximate surface area is 183 Å². The molecule has 1 saturated carbocycles. The van der Waals surface area contributed by atoms with E-state index < -0.39 is 11.1 Å². The van der Waals surface area contributed by atoms with Crippen LogP contribution in [0, 0.1) is 0 Å². The molecule has 3 aromatic rings. The summed E-state index contributed by atoms with van der Waals surface area (Å²) in [5, 5.41) is 18.7. The Hall–Kier alpha value is -2.76. The van der Waals surface area contributed by atoms with Gasteiger partial charge in [-0.25, -0.2) is 0 Å². The maximum atomic E-state index is 13.7. The van der Waals surface area contributed by atoms with Gasteiger partial charge >= 0.3 is 0 Å². The number of nitrogens with zero attached hydrogens (tertiary/aromatic N) is 1. The molecule has 0 unspecified atom stereocenters. The lowest BCUT2D eigenvalue weighted by atomic mass is 9.78. The molecule has 0 saturated heterocycles. The van der Waals surface area contributed by atoms with Crippen molar-refractivity contribution in [3.8, 4) is 0 Å². The predicted molar refractivity (Wildman–Crippen MR) is 125 cm³/mol. The number of para-hydroxylation sites is 1. The van der Waals surface area contributed by atoms with Crippen LogP contribution < -0.4 is 10.6 Å². The number of nitrogens with one attached hydrogen (secondary N) is 2. The molecular formula is C26H31N3O2. The lowest BCUT2D eigenvalue weighted by Gasteiger charge is -2.43. The molecule has 3 N–H and O–H groups in total. The van der Waals surface area contributed by atoms with E-state index >= 15 is 0 Å². The van der Waals surface area contributed by atoms with Crippen molar-refractivity contribution in [2.75, 3.05) is 5.32 Å². The van der Waals surface area contributed by atoms with E-state index in [1.54, 1.807) is 20.0 Å². The van der Waals surface area contributed by atoms with E-state index in [9.17, 15) is 9.90 Å². The van der Waals surface area contributed by atoms with Gasteiger partial charge in [0.15, 0.2) is 0 Å². The summed E-state index contributed by atoms with van der Waals surface area (Å²) in [7, 11) is 0. The highest BCUT2D eigenvalue weighted by Gasteiger charge is 2.44. The van der Waals surface area contributed by atoms with Crippen LogP contribution in [0.5, 0.6) is 0 Å². The topological polar surface area (TPSA) is 74.2 Å². The number of hydrogen-bond donors (Lipinski definition) is 3. The Morgan fingerprint density at radius 3 is 2.42 bits per heavy atom. The van der Waals surface area contributed by atoms with E-state index in [-0.39, 0.29) is 11.9 Å². The van der Waals surface area contributed by atoms with Crippen LogP contribution in [0.15, 0.2) is 66.9 Å². The normalized spacial score (nSPS) is 17.3. The van der Waals surface area contributed by atoms with Crippen LogP contribution in [0.25, 0.3) is 10.9 Å². The average Bonchev–Trinajstić information content (AvgIpc) is 2.78. The van der Waals surface area contributed by atoms with Crippen molar-refractivity contribution < 1.29 is 9.90 Å². The van der Waals surface area contributed by atoms with Crippen LogP contribution in [-0.2, 0) is 4.79 Å². The molecule has 0 bridgehead atoms. The molecule has 0 radical (unpaired) electrons. The van der Waals surface area contributed by atoms with Crippen LogP contribution in [-0.4, -0.2) is 27.1 Å². The van der Waals surface area contributed by atoms with E-state index in [0.717, 1.165) is 54.3 Å². The number of fused-ring (bicyclic) bond motifs is 1. The largest absolute Gasteiger partial charge is 0.388 e. The monoisotopic (exact) mass is 417 g/mol. The number of carbonyl (C=O) groups excluding carboxylic acids is 1. The lowest BCUT2D eigenvalue weighted by Crippen LogP contribution is -2.59. The third kappa shape index (κ3) is 4.63. The molecule has 1 atom stereocenters. The van der Waals surface area contributed by atoms with Crippen molar-refractivity contribution in [3.63, 3.8) is 0 Å². The molecule has 1 aliphatic carbocycles. The van der Waals surface area contributed by atoms with Gasteiger partial charge < -0.3 is 10.4 Å². The van der Waals surface area contributed by atoms with Crippen molar-refractivity contribution in [3.05, 3.63) is 72.4 Å². The number of aliphatic hydroxyl groups is 1. The number of hydrogen-bond acceptors (Lipinski definition) is 4. The first-order chi connectivity index (χ1) is 14.9. The number of pyridine rings is 1. The number of carbonyl (C=O) groups is 1. The summed E-state index contributed by atoms with van der Waals surface area (Å²) >= 11 is 0. The van der Waals surface area contributed by atoms with E-state index in [2.05, 4.69) is 15.6 Å². The van der Waals surface area contributed by atoms with Crippen molar-refractivity contribution >= 4 is 22.5 Å². The molecule has 1 amide bonds. The van der Waals surface area contributed by atoms with E-state index in [4.69, 9.17) is 0 Å². The van der Waals surface area contributed by atoms with E-state index in [1.165, 1.54) is 0 Å². The van der Waals surface area contributed by atoms with Gasteiger partial charge in [-0.05, 0) is 44.4 Å². The third-order valence-corrected chi connectivity index (χ3v) is 6.28. The first kappa shape index (κ1) is 21.5. The zero-order chi connectivity index (χ0) is 21.9. The van der Waals surface area contributed by atoms with Gasteiger partial charge in [0.1, 0.15) is 0 Å². The van der Waals surface area contributed by atoms with Gasteiger partial charge in [-0.2, -0.15) is 0 Å². The fraction of sp³-hybridized carbons (Fsp3) is 0.385. The fourth-order valence-electron chi connectivity index (χ4n) is 4.63. The maximum Gasteiger partial charge on any atom is 0.244 e. The van der Waals surface area contributed by atoms with Gasteiger partial charge in [0.05, 0.1) is 28.4 Å². The summed E-state index contributed by atoms with van der Waals surface area (Å²) in [6.07, 6.45) is 6.27. The number of rotatable bonds is 6. The van der Waals surface area contributed by atoms with Crippen LogP contribution in [0.3, 0.4) is 0 Å². The van der Waals surface area contributed by atoms with Gasteiger partial charge in [0.25, 0.3) is 0 Å². The highest BCUT2D eigenvalue weighted by atomic mass is 16.3. The SMILES string of the molecule is CC(C)(O)[C@@H](NC1(C(=O)Nc2cccc3cccnc23)CCCCC1)c1ccccc1. The van der Waals surface area contributed by atoms with Gasteiger partial charge in [-0.15, -0.1) is 0 Å². The van der Waals surface area contributed by atoms with Gasteiger partial charge in [-0.3, -0.25) is 15.1 Å². The van der Waals surface area contributed by atoms with Crippen LogP contribution in [0.4, 0.5) is 5.69 Å². The van der Waals surface area contributed by atoms with Gasteiger partial charge in [0.2, 0.25) is 5.91 Å². The van der Waals surface area contributed by atoms with E-state index in [0.29, 0.717) is 0 Å². The second-order valence-electron chi connectivity index (χ2n) is 9.12. The summed E-state index contributed by atoms with van der Waals surface area (Å²) < 4.78 is 0. The standard InChI is InChI=1S/C26H31N3O2/c1-25(2,31)23(20-11-5-3-6-12-20)29-26(16-7-4-8-17-26)24(30)28-21-15-9-13-19-14-10-18-27-22(19)21/h3,5-6,9-15,18,23,29,31H,4,7-8,16-17H2,1-2H3,(H,28,30)/t23-/m0/s1. The Balaban J connectivity index is 1.67. The molecule has 31 heavy (non-hydrogen) atoms. The quantitative estimate of drug-likeness (QED) is 0.529. The number of anilines is 1. The third-order valence-electron chi connectivity index (χ3n) is 6.28. The first-order valence-corrected chi connectivity index (χ1v) is 11.1. The lowest BCUT2D eigenvalue weighted by molar-refractivity contribution is -0.125. The summed E-state index contributed by atoms with van der Waals surface area (Å²) in [6.45, 7) is 3.58.